The van der Waals surface area contributed by atoms with E-state index in [0.29, 0.717) is 24.9 Å². The largest absolute Gasteiger partial charge is 0.378 e. The minimum Gasteiger partial charge on any atom is -0.378 e. The van der Waals surface area contributed by atoms with Gasteiger partial charge in [0.25, 0.3) is 11.8 Å². The summed E-state index contributed by atoms with van der Waals surface area (Å²) in [7, 11) is 3.81. The monoisotopic (exact) mass is 560 g/mol. The zero-order valence-corrected chi connectivity index (χ0v) is 23.4. The van der Waals surface area contributed by atoms with Crippen LogP contribution < -0.4 is 10.2 Å². The predicted molar refractivity (Wildman–Crippen MR) is 145 cm³/mol. The normalized spacial score (nSPS) is 20.4. The van der Waals surface area contributed by atoms with Crippen LogP contribution in [0.25, 0.3) is 0 Å². The molecule has 2 saturated heterocycles. The lowest BCUT2D eigenvalue weighted by Gasteiger charge is -2.29. The van der Waals surface area contributed by atoms with Crippen molar-refractivity contribution in [3.8, 4) is 0 Å². The Morgan fingerprint density at radius 2 is 1.82 bits per heavy atom. The number of ketones is 1. The van der Waals surface area contributed by atoms with E-state index in [1.165, 1.54) is 21.9 Å². The minimum absolute atomic E-state index is 0.112. The molecule has 0 radical (unpaired) electrons. The van der Waals surface area contributed by atoms with Gasteiger partial charge in [-0.1, -0.05) is 13.8 Å². The number of anilines is 1. The van der Waals surface area contributed by atoms with E-state index >= 15 is 0 Å². The Hall–Kier alpha value is -3.09. The number of carbonyl (C=O) groups is 4. The molecular weight excluding hydrogens is 528 g/mol. The number of Topliss-reactive ketones (excluding diaryl/α,β-unsaturated/α-hetero) is 1. The van der Waals surface area contributed by atoms with Crippen LogP contribution in [0.3, 0.4) is 0 Å². The first-order valence-corrected chi connectivity index (χ1v) is 14.3. The van der Waals surface area contributed by atoms with E-state index in [0.717, 1.165) is 17.0 Å². The number of hydrogen-bond acceptors (Lipinski definition) is 7. The fourth-order valence-electron chi connectivity index (χ4n) is 5.06. The average Bonchev–Trinajstić information content (AvgIpc) is 3.60. The fourth-order valence-corrected chi connectivity index (χ4v) is 6.49. The highest BCUT2D eigenvalue weighted by Crippen LogP contribution is 2.33. The van der Waals surface area contributed by atoms with E-state index < -0.39 is 35.1 Å². The molecule has 10 nitrogen and oxygen atoms in total. The van der Waals surface area contributed by atoms with E-state index in [9.17, 15) is 27.9 Å². The molecule has 0 aliphatic carbocycles. The molecule has 38 heavy (non-hydrogen) atoms. The maximum Gasteiger partial charge on any atom is 0.264 e. The summed E-state index contributed by atoms with van der Waals surface area (Å²) >= 11 is -1.28. The molecule has 2 N–H and O–H groups in total. The number of likely N-dealkylation sites (tertiary alicyclic amines) is 2. The molecule has 4 rings (SSSR count). The van der Waals surface area contributed by atoms with Gasteiger partial charge in [0.2, 0.25) is 5.91 Å². The maximum absolute atomic E-state index is 13.7. The van der Waals surface area contributed by atoms with Crippen molar-refractivity contribution in [1.82, 2.24) is 15.1 Å². The second-order valence-corrected chi connectivity index (χ2v) is 12.5. The second kappa shape index (κ2) is 11.3. The van der Waals surface area contributed by atoms with Crippen molar-refractivity contribution >= 4 is 51.6 Å². The topological polar surface area (TPSA) is 127 Å². The summed E-state index contributed by atoms with van der Waals surface area (Å²) < 4.78 is 20.8. The van der Waals surface area contributed by atoms with E-state index in [1.54, 1.807) is 12.1 Å². The van der Waals surface area contributed by atoms with E-state index in [2.05, 4.69) is 5.32 Å². The van der Waals surface area contributed by atoms with Crippen molar-refractivity contribution in [2.45, 2.75) is 49.0 Å². The number of rotatable bonds is 8. The molecule has 4 atom stereocenters. The van der Waals surface area contributed by atoms with Crippen LogP contribution in [0.2, 0.25) is 0 Å². The summed E-state index contributed by atoms with van der Waals surface area (Å²) in [6.07, 6.45) is 0.841. The Morgan fingerprint density at radius 3 is 2.39 bits per heavy atom. The summed E-state index contributed by atoms with van der Waals surface area (Å²) in [6.45, 7) is 4.08. The lowest BCUT2D eigenvalue weighted by atomic mass is 10.0. The van der Waals surface area contributed by atoms with Crippen LogP contribution in [0.1, 0.15) is 46.7 Å². The lowest BCUT2D eigenvalue weighted by Crippen LogP contribution is -2.53. The van der Waals surface area contributed by atoms with Crippen LogP contribution >= 0.6 is 11.3 Å². The highest BCUT2D eigenvalue weighted by Gasteiger charge is 2.52. The second-order valence-electron chi connectivity index (χ2n) is 10.2. The van der Waals surface area contributed by atoms with Crippen LogP contribution in [0.4, 0.5) is 5.69 Å². The van der Waals surface area contributed by atoms with Gasteiger partial charge in [-0.15, -0.1) is 11.3 Å². The van der Waals surface area contributed by atoms with Gasteiger partial charge in [-0.25, -0.2) is 4.21 Å². The Kier molecular flexibility index (Phi) is 8.34. The lowest BCUT2D eigenvalue weighted by molar-refractivity contribution is -0.138. The van der Waals surface area contributed by atoms with Crippen LogP contribution in [0.15, 0.2) is 40.6 Å². The smallest absolute Gasteiger partial charge is 0.264 e. The number of hydrogen-bond donors (Lipinski definition) is 2. The number of carbonyl (C=O) groups excluding carboxylic acids is 4. The number of nitrogens with zero attached hydrogens (tertiary/aromatic N) is 3. The third-order valence-electron chi connectivity index (χ3n) is 6.89. The van der Waals surface area contributed by atoms with Crippen molar-refractivity contribution in [2.75, 3.05) is 32.1 Å². The quantitative estimate of drug-likeness (QED) is 0.474. The zero-order valence-electron chi connectivity index (χ0n) is 21.7. The third kappa shape index (κ3) is 5.67. The van der Waals surface area contributed by atoms with Gasteiger partial charge in [0, 0.05) is 31.9 Å². The molecule has 204 valence electrons. The third-order valence-corrected chi connectivity index (χ3v) is 8.91. The molecular formula is C26H32N4O6S2. The van der Waals surface area contributed by atoms with Gasteiger partial charge in [-0.05, 0) is 55.2 Å². The molecule has 1 aromatic heterocycles. The van der Waals surface area contributed by atoms with Gasteiger partial charge in [0.1, 0.15) is 16.3 Å². The minimum atomic E-state index is -2.19. The van der Waals surface area contributed by atoms with Gasteiger partial charge in [0.15, 0.2) is 16.9 Å². The first-order chi connectivity index (χ1) is 18.0. The van der Waals surface area contributed by atoms with E-state index in [-0.39, 0.29) is 39.1 Å². The van der Waals surface area contributed by atoms with Crippen LogP contribution in [-0.2, 0) is 20.7 Å². The van der Waals surface area contributed by atoms with Crippen molar-refractivity contribution in [1.29, 1.82) is 0 Å². The summed E-state index contributed by atoms with van der Waals surface area (Å²) in [5.74, 6) is -1.21. The highest BCUT2D eigenvalue weighted by atomic mass is 32.2. The summed E-state index contributed by atoms with van der Waals surface area (Å²) in [6, 6.07) is 7.91. The maximum atomic E-state index is 13.7. The molecule has 0 bridgehead atoms. The fraction of sp³-hybridized carbons (Fsp3) is 0.462. The van der Waals surface area contributed by atoms with Crippen LogP contribution in [0, 0.1) is 5.92 Å². The Morgan fingerprint density at radius 1 is 1.13 bits per heavy atom. The van der Waals surface area contributed by atoms with Gasteiger partial charge in [-0.2, -0.15) is 0 Å². The molecule has 2 aromatic rings. The van der Waals surface area contributed by atoms with Crippen LogP contribution in [-0.4, -0.2) is 87.4 Å². The average molecular weight is 561 g/mol. The molecule has 0 saturated carbocycles. The molecule has 12 heteroatoms. The number of amides is 3. The van der Waals surface area contributed by atoms with Crippen molar-refractivity contribution in [3.05, 3.63) is 46.8 Å². The van der Waals surface area contributed by atoms with Crippen LogP contribution in [0.5, 0.6) is 0 Å². The molecule has 1 unspecified atom stereocenters. The zero-order chi connectivity index (χ0) is 27.7. The molecule has 0 spiro atoms. The summed E-state index contributed by atoms with van der Waals surface area (Å²) in [5.41, 5.74) is 1.38. The summed E-state index contributed by atoms with van der Waals surface area (Å²) in [5, 5.41) is 2.87. The van der Waals surface area contributed by atoms with Crippen molar-refractivity contribution in [2.24, 2.45) is 5.92 Å². The van der Waals surface area contributed by atoms with Crippen molar-refractivity contribution in [3.63, 3.8) is 0 Å². The van der Waals surface area contributed by atoms with Gasteiger partial charge < -0.3 is 24.6 Å². The molecule has 2 aliphatic heterocycles. The predicted octanol–water partition coefficient (Wildman–Crippen LogP) is 2.23. The molecule has 2 fully saturated rings. The number of nitrogens with one attached hydrogen (secondary N) is 1. The number of thiophene rings is 1. The molecule has 3 heterocycles. The highest BCUT2D eigenvalue weighted by molar-refractivity contribution is 7.81. The van der Waals surface area contributed by atoms with Crippen molar-refractivity contribution < 1.29 is 27.9 Å². The van der Waals surface area contributed by atoms with E-state index in [1.807, 2.05) is 45.0 Å². The molecule has 3 amide bonds. The van der Waals surface area contributed by atoms with Gasteiger partial charge in [-0.3, -0.25) is 19.2 Å². The number of benzene rings is 1. The SMILES string of the molecule is CC(C)C[C@H](NC(=O)c1ccc(N(C)C)cc1)C(=O)N1CC[C@@H]2[C@H]1C(=O)CN2C(=O)c1ccc(S(=O)O)s1. The van der Waals surface area contributed by atoms with Gasteiger partial charge in [0.05, 0.1) is 17.5 Å². The standard InChI is InChI=1S/C26H32N4O6S2/c1-15(2)13-18(27-24(32)16-5-7-17(8-6-16)28(3)4)25(33)29-12-11-19-23(29)20(31)14-30(19)26(34)21-9-10-22(37-21)38(35)36/h5-10,15,18-19,23H,11-14H2,1-4H3,(H,27,32)(H,35,36)/t18-,19+,23-/m0/s1. The first kappa shape index (κ1) is 27.9. The Labute approximate surface area is 228 Å². The molecule has 2 aliphatic rings. The van der Waals surface area contributed by atoms with E-state index in [4.69, 9.17) is 0 Å². The Bertz CT molecular complexity index is 1260. The Balaban J connectivity index is 1.49. The molecule has 1 aromatic carbocycles. The van der Waals surface area contributed by atoms with Gasteiger partial charge >= 0.3 is 0 Å². The summed E-state index contributed by atoms with van der Waals surface area (Å²) in [4.78, 5) is 58.1. The first-order valence-electron chi connectivity index (χ1n) is 12.4. The number of fused-ring (bicyclic) bond motifs is 1.